The molecule has 1 N–H and O–H groups in total. The first-order valence-corrected chi connectivity index (χ1v) is 12.1. The molecule has 0 aliphatic carbocycles. The van der Waals surface area contributed by atoms with E-state index in [1.54, 1.807) is 6.92 Å². The summed E-state index contributed by atoms with van der Waals surface area (Å²) in [5.74, 6) is 0.519. The fourth-order valence-electron chi connectivity index (χ4n) is 5.22. The molecule has 34 heavy (non-hydrogen) atoms. The average Bonchev–Trinajstić information content (AvgIpc) is 3.52. The molecular weight excluding hydrogens is 428 g/mol. The minimum atomic E-state index is -0.0485. The molecule has 1 unspecified atom stereocenters. The van der Waals surface area contributed by atoms with E-state index >= 15 is 0 Å². The predicted octanol–water partition coefficient (Wildman–Crippen LogP) is 4.90. The van der Waals surface area contributed by atoms with Crippen LogP contribution in [-0.4, -0.2) is 61.0 Å². The number of benzene rings is 2. The van der Waals surface area contributed by atoms with Crippen molar-refractivity contribution in [2.24, 2.45) is 0 Å². The maximum Gasteiger partial charge on any atom is 0.321 e. The maximum absolute atomic E-state index is 12.8. The average molecular weight is 461 g/mol. The summed E-state index contributed by atoms with van der Waals surface area (Å²) in [5.41, 5.74) is 4.10. The van der Waals surface area contributed by atoms with E-state index in [0.29, 0.717) is 5.92 Å². The van der Waals surface area contributed by atoms with E-state index in [4.69, 9.17) is 4.42 Å². The molecule has 0 saturated carbocycles. The lowest BCUT2D eigenvalue weighted by Gasteiger charge is -2.31. The lowest BCUT2D eigenvalue weighted by Crippen LogP contribution is -2.40. The number of nitrogens with one attached hydrogen (secondary N) is 1. The molecule has 7 nitrogen and oxygen atoms in total. The van der Waals surface area contributed by atoms with Crippen LogP contribution in [0.15, 0.2) is 59.2 Å². The van der Waals surface area contributed by atoms with Crippen LogP contribution in [-0.2, 0) is 4.79 Å². The molecule has 0 spiro atoms. The summed E-state index contributed by atoms with van der Waals surface area (Å²) in [6, 6.07) is 16.3. The first-order chi connectivity index (χ1) is 16.5. The zero-order valence-electron chi connectivity index (χ0n) is 19.9. The summed E-state index contributed by atoms with van der Waals surface area (Å²) in [5, 5.41) is 4.23. The first kappa shape index (κ1) is 22.3. The first-order valence-electron chi connectivity index (χ1n) is 12.1. The lowest BCUT2D eigenvalue weighted by atomic mass is 9.89. The van der Waals surface area contributed by atoms with E-state index in [0.717, 1.165) is 62.4 Å². The molecule has 3 heterocycles. The Hall–Kier alpha value is -3.48. The highest BCUT2D eigenvalue weighted by atomic mass is 16.3. The number of piperidine rings is 1. The van der Waals surface area contributed by atoms with Crippen LogP contribution in [0.5, 0.6) is 0 Å². The van der Waals surface area contributed by atoms with Crippen molar-refractivity contribution in [3.63, 3.8) is 0 Å². The number of urea groups is 1. The zero-order chi connectivity index (χ0) is 23.7. The van der Waals surface area contributed by atoms with Gasteiger partial charge in [0.1, 0.15) is 5.58 Å². The number of fused-ring (bicyclic) bond motifs is 1. The number of amides is 3. The zero-order valence-corrected chi connectivity index (χ0v) is 19.9. The Bertz CT molecular complexity index is 1160. The number of anilines is 2. The summed E-state index contributed by atoms with van der Waals surface area (Å²) >= 11 is 0. The largest absolute Gasteiger partial charge is 0.464 e. The number of hydrogen-bond acceptors (Lipinski definition) is 4. The summed E-state index contributed by atoms with van der Waals surface area (Å²) in [6.45, 7) is 4.83. The van der Waals surface area contributed by atoms with Crippen molar-refractivity contribution in [3.8, 4) is 0 Å². The fraction of sp³-hybridized carbons (Fsp3) is 0.407. The van der Waals surface area contributed by atoms with Crippen LogP contribution >= 0.6 is 0 Å². The van der Waals surface area contributed by atoms with Crippen LogP contribution in [0.3, 0.4) is 0 Å². The number of hydrogen-bond donors (Lipinski definition) is 1. The summed E-state index contributed by atoms with van der Waals surface area (Å²) in [6.07, 6.45) is 4.72. The van der Waals surface area contributed by atoms with Crippen LogP contribution in [0, 0.1) is 0 Å². The molecule has 5 rings (SSSR count). The number of carbonyl (C=O) groups excluding carboxylic acids is 2. The molecule has 7 heteroatoms. The third-order valence-corrected chi connectivity index (χ3v) is 7.42. The van der Waals surface area contributed by atoms with Crippen LogP contribution < -0.4 is 10.2 Å². The fourth-order valence-corrected chi connectivity index (χ4v) is 5.22. The standard InChI is InChI=1S/C27H32N4O3/c1-19(32)29(2)23-13-16-31(17-23)22-9-7-21(8-10-22)28-27(33)30-14-11-20(12-15-30)25-18-34-26-6-4-3-5-24(25)26/h3-10,18,20,23H,11-17H2,1-2H3,(H,28,33). The third-order valence-electron chi connectivity index (χ3n) is 7.42. The molecule has 1 aromatic heterocycles. The molecule has 0 bridgehead atoms. The van der Waals surface area contributed by atoms with Gasteiger partial charge >= 0.3 is 6.03 Å². The van der Waals surface area contributed by atoms with Crippen molar-refractivity contribution in [2.45, 2.75) is 38.1 Å². The molecule has 3 aromatic rings. The molecule has 3 amide bonds. The number of rotatable bonds is 4. The normalized spacial score (nSPS) is 18.9. The second kappa shape index (κ2) is 9.41. The van der Waals surface area contributed by atoms with Gasteiger partial charge in [0.25, 0.3) is 0 Å². The molecule has 178 valence electrons. The Labute approximate surface area is 200 Å². The Kier molecular flexibility index (Phi) is 6.18. The molecule has 2 saturated heterocycles. The van der Waals surface area contributed by atoms with E-state index in [2.05, 4.69) is 16.3 Å². The van der Waals surface area contributed by atoms with Crippen LogP contribution in [0.2, 0.25) is 0 Å². The van der Waals surface area contributed by atoms with Crippen molar-refractivity contribution in [1.29, 1.82) is 0 Å². The molecule has 1 atom stereocenters. The summed E-state index contributed by atoms with van der Waals surface area (Å²) in [7, 11) is 1.87. The summed E-state index contributed by atoms with van der Waals surface area (Å²) in [4.78, 5) is 30.5. The van der Waals surface area contributed by atoms with E-state index < -0.39 is 0 Å². The Morgan fingerprint density at radius 3 is 2.47 bits per heavy atom. The van der Waals surface area contributed by atoms with Gasteiger partial charge in [-0.3, -0.25) is 4.79 Å². The van der Waals surface area contributed by atoms with Crippen molar-refractivity contribution in [1.82, 2.24) is 9.80 Å². The highest BCUT2D eigenvalue weighted by Crippen LogP contribution is 2.34. The highest BCUT2D eigenvalue weighted by molar-refractivity contribution is 5.89. The Balaban J connectivity index is 1.14. The molecule has 0 radical (unpaired) electrons. The second-order valence-electron chi connectivity index (χ2n) is 9.44. The van der Waals surface area contributed by atoms with Crippen LogP contribution in [0.25, 0.3) is 11.0 Å². The van der Waals surface area contributed by atoms with Gasteiger partial charge in [-0.15, -0.1) is 0 Å². The second-order valence-corrected chi connectivity index (χ2v) is 9.44. The van der Waals surface area contributed by atoms with E-state index in [1.165, 1.54) is 10.9 Å². The monoisotopic (exact) mass is 460 g/mol. The van der Waals surface area contributed by atoms with Crippen molar-refractivity contribution >= 4 is 34.3 Å². The van der Waals surface area contributed by atoms with E-state index in [1.807, 2.05) is 65.6 Å². The molecule has 2 aliphatic heterocycles. The van der Waals surface area contributed by atoms with Gasteiger partial charge in [-0.25, -0.2) is 4.79 Å². The van der Waals surface area contributed by atoms with Crippen molar-refractivity contribution in [2.75, 3.05) is 43.4 Å². The van der Waals surface area contributed by atoms with Gasteiger partial charge in [0, 0.05) is 62.5 Å². The highest BCUT2D eigenvalue weighted by Gasteiger charge is 2.28. The third kappa shape index (κ3) is 4.47. The maximum atomic E-state index is 12.8. The van der Waals surface area contributed by atoms with Crippen LogP contribution in [0.1, 0.15) is 37.7 Å². The number of para-hydroxylation sites is 1. The summed E-state index contributed by atoms with van der Waals surface area (Å²) < 4.78 is 5.72. The smallest absolute Gasteiger partial charge is 0.321 e. The van der Waals surface area contributed by atoms with Gasteiger partial charge in [-0.1, -0.05) is 18.2 Å². The number of carbonyl (C=O) groups is 2. The minimum absolute atomic E-state index is 0.0485. The number of likely N-dealkylation sites (N-methyl/N-ethyl adjacent to an activating group) is 1. The number of likely N-dealkylation sites (tertiary alicyclic amines) is 1. The molecule has 2 aliphatic rings. The van der Waals surface area contributed by atoms with Crippen molar-refractivity contribution < 1.29 is 14.0 Å². The molecule has 2 aromatic carbocycles. The van der Waals surface area contributed by atoms with Gasteiger partial charge in [-0.2, -0.15) is 0 Å². The number of furan rings is 1. The van der Waals surface area contributed by atoms with Gasteiger partial charge in [0.15, 0.2) is 0 Å². The van der Waals surface area contributed by atoms with E-state index in [-0.39, 0.29) is 18.0 Å². The predicted molar refractivity (Wildman–Crippen MR) is 134 cm³/mol. The molecular formula is C27H32N4O3. The Morgan fingerprint density at radius 2 is 1.74 bits per heavy atom. The Morgan fingerprint density at radius 1 is 1.00 bits per heavy atom. The number of nitrogens with zero attached hydrogens (tertiary/aromatic N) is 3. The van der Waals surface area contributed by atoms with Crippen molar-refractivity contribution in [3.05, 3.63) is 60.4 Å². The van der Waals surface area contributed by atoms with Gasteiger partial charge in [0.2, 0.25) is 5.91 Å². The topological polar surface area (TPSA) is 69.0 Å². The molecule has 2 fully saturated rings. The minimum Gasteiger partial charge on any atom is -0.464 e. The lowest BCUT2D eigenvalue weighted by molar-refractivity contribution is -0.129. The van der Waals surface area contributed by atoms with Gasteiger partial charge in [-0.05, 0) is 55.5 Å². The van der Waals surface area contributed by atoms with Crippen LogP contribution in [0.4, 0.5) is 16.2 Å². The van der Waals surface area contributed by atoms with E-state index in [9.17, 15) is 9.59 Å². The quantitative estimate of drug-likeness (QED) is 0.601. The van der Waals surface area contributed by atoms with Gasteiger partial charge < -0.3 is 24.4 Å². The van der Waals surface area contributed by atoms with Gasteiger partial charge in [0.05, 0.1) is 12.3 Å². The SMILES string of the molecule is CC(=O)N(C)C1CCN(c2ccc(NC(=O)N3CCC(c4coc5ccccc45)CC3)cc2)C1.